The predicted octanol–water partition coefficient (Wildman–Crippen LogP) is 1.02. The van der Waals surface area contributed by atoms with Crippen LogP contribution in [-0.4, -0.2) is 42.7 Å². The Morgan fingerprint density at radius 2 is 2.19 bits per heavy atom. The standard InChI is InChI=1S/C14H16N4O2S/c1-21(19,20)12-9-17-14(11-3-2-5-15-8-11)18-13(12)10-4-6-16-7-10/h2-3,5,8-10,16H,4,6-7H2,1H3. The van der Waals surface area contributed by atoms with Crippen LogP contribution in [0.1, 0.15) is 18.0 Å². The molecule has 0 radical (unpaired) electrons. The van der Waals surface area contributed by atoms with Gasteiger partial charge in [-0.15, -0.1) is 0 Å². The number of sulfone groups is 1. The van der Waals surface area contributed by atoms with Gasteiger partial charge in [0.15, 0.2) is 15.7 Å². The van der Waals surface area contributed by atoms with Crippen LogP contribution in [-0.2, 0) is 9.84 Å². The summed E-state index contributed by atoms with van der Waals surface area (Å²) in [5, 5.41) is 3.24. The molecule has 1 saturated heterocycles. The minimum absolute atomic E-state index is 0.105. The van der Waals surface area contributed by atoms with E-state index in [1.807, 2.05) is 6.07 Å². The fraction of sp³-hybridized carbons (Fsp3) is 0.357. The van der Waals surface area contributed by atoms with Gasteiger partial charge in [-0.3, -0.25) is 4.98 Å². The molecule has 6 nitrogen and oxygen atoms in total. The Morgan fingerprint density at radius 3 is 2.81 bits per heavy atom. The van der Waals surface area contributed by atoms with Crippen LogP contribution in [0.25, 0.3) is 11.4 Å². The van der Waals surface area contributed by atoms with Gasteiger partial charge in [0, 0.05) is 42.9 Å². The van der Waals surface area contributed by atoms with Gasteiger partial charge < -0.3 is 5.32 Å². The number of aromatic nitrogens is 3. The molecule has 1 atom stereocenters. The molecule has 0 amide bonds. The van der Waals surface area contributed by atoms with Crippen molar-refractivity contribution >= 4 is 9.84 Å². The Kier molecular flexibility index (Phi) is 3.69. The molecule has 1 aliphatic heterocycles. The third kappa shape index (κ3) is 2.93. The summed E-state index contributed by atoms with van der Waals surface area (Å²) in [5.41, 5.74) is 1.39. The lowest BCUT2D eigenvalue weighted by Gasteiger charge is -2.13. The van der Waals surface area contributed by atoms with Crippen LogP contribution in [0.15, 0.2) is 35.6 Å². The smallest absolute Gasteiger partial charge is 0.178 e. The van der Waals surface area contributed by atoms with Crippen molar-refractivity contribution in [2.75, 3.05) is 19.3 Å². The van der Waals surface area contributed by atoms with Gasteiger partial charge in [-0.05, 0) is 25.1 Å². The Bertz CT molecular complexity index is 741. The lowest BCUT2D eigenvalue weighted by atomic mass is 10.0. The molecule has 3 rings (SSSR count). The molecule has 1 N–H and O–H groups in total. The van der Waals surface area contributed by atoms with Gasteiger partial charge in [-0.1, -0.05) is 0 Å². The third-order valence-corrected chi connectivity index (χ3v) is 4.66. The molecule has 3 heterocycles. The normalized spacial score (nSPS) is 18.8. The Morgan fingerprint density at radius 1 is 1.33 bits per heavy atom. The van der Waals surface area contributed by atoms with Gasteiger partial charge in [0.05, 0.1) is 5.69 Å². The summed E-state index contributed by atoms with van der Waals surface area (Å²) in [6.45, 7) is 1.62. The van der Waals surface area contributed by atoms with Crippen molar-refractivity contribution in [1.82, 2.24) is 20.3 Å². The van der Waals surface area contributed by atoms with Crippen molar-refractivity contribution in [2.45, 2.75) is 17.2 Å². The van der Waals surface area contributed by atoms with Gasteiger partial charge in [0.25, 0.3) is 0 Å². The number of rotatable bonds is 3. The molecule has 0 aromatic carbocycles. The first-order valence-corrected chi connectivity index (χ1v) is 8.63. The molecule has 2 aromatic rings. The quantitative estimate of drug-likeness (QED) is 0.911. The van der Waals surface area contributed by atoms with E-state index in [0.29, 0.717) is 11.5 Å². The molecule has 0 saturated carbocycles. The van der Waals surface area contributed by atoms with Gasteiger partial charge >= 0.3 is 0 Å². The molecule has 1 unspecified atom stereocenters. The largest absolute Gasteiger partial charge is 0.316 e. The summed E-state index contributed by atoms with van der Waals surface area (Å²) in [7, 11) is -3.34. The SMILES string of the molecule is CS(=O)(=O)c1cnc(-c2cccnc2)nc1C1CCNC1. The van der Waals surface area contributed by atoms with Crippen LogP contribution in [0.3, 0.4) is 0 Å². The van der Waals surface area contributed by atoms with Crippen molar-refractivity contribution in [1.29, 1.82) is 0 Å². The molecule has 1 aliphatic rings. The fourth-order valence-corrected chi connectivity index (χ4v) is 3.32. The highest BCUT2D eigenvalue weighted by atomic mass is 32.2. The van der Waals surface area contributed by atoms with E-state index >= 15 is 0 Å². The zero-order chi connectivity index (χ0) is 14.9. The maximum Gasteiger partial charge on any atom is 0.178 e. The molecule has 0 spiro atoms. The summed E-state index contributed by atoms with van der Waals surface area (Å²) < 4.78 is 23.9. The molecular weight excluding hydrogens is 288 g/mol. The van der Waals surface area contributed by atoms with E-state index in [4.69, 9.17) is 0 Å². The van der Waals surface area contributed by atoms with Crippen molar-refractivity contribution in [3.8, 4) is 11.4 Å². The second-order valence-corrected chi connectivity index (χ2v) is 7.13. The number of pyridine rings is 1. The highest BCUT2D eigenvalue weighted by Gasteiger charge is 2.26. The van der Waals surface area contributed by atoms with Crippen LogP contribution >= 0.6 is 0 Å². The van der Waals surface area contributed by atoms with Gasteiger partial charge in [-0.2, -0.15) is 0 Å². The first-order chi connectivity index (χ1) is 10.1. The van der Waals surface area contributed by atoms with Crippen LogP contribution in [0.2, 0.25) is 0 Å². The van der Waals surface area contributed by atoms with Crippen molar-refractivity contribution in [2.24, 2.45) is 0 Å². The zero-order valence-electron chi connectivity index (χ0n) is 11.7. The number of nitrogens with zero attached hydrogens (tertiary/aromatic N) is 3. The van der Waals surface area contributed by atoms with Crippen LogP contribution in [0.5, 0.6) is 0 Å². The lowest BCUT2D eigenvalue weighted by Crippen LogP contribution is -2.14. The van der Waals surface area contributed by atoms with Crippen LogP contribution < -0.4 is 5.32 Å². The monoisotopic (exact) mass is 304 g/mol. The van der Waals surface area contributed by atoms with E-state index in [0.717, 1.165) is 25.1 Å². The number of nitrogens with one attached hydrogen (secondary N) is 1. The van der Waals surface area contributed by atoms with Gasteiger partial charge in [-0.25, -0.2) is 18.4 Å². The Labute approximate surface area is 123 Å². The van der Waals surface area contributed by atoms with Crippen molar-refractivity contribution < 1.29 is 8.42 Å². The summed E-state index contributed by atoms with van der Waals surface area (Å²) in [6, 6.07) is 3.67. The minimum atomic E-state index is -3.34. The molecule has 1 fully saturated rings. The number of hydrogen-bond donors (Lipinski definition) is 1. The molecule has 21 heavy (non-hydrogen) atoms. The average Bonchev–Trinajstić information content (AvgIpc) is 3.01. The van der Waals surface area contributed by atoms with E-state index in [-0.39, 0.29) is 10.8 Å². The topological polar surface area (TPSA) is 84.8 Å². The molecule has 7 heteroatoms. The molecule has 110 valence electrons. The first kappa shape index (κ1) is 14.1. The first-order valence-electron chi connectivity index (χ1n) is 6.74. The highest BCUT2D eigenvalue weighted by Crippen LogP contribution is 2.28. The van der Waals surface area contributed by atoms with E-state index in [2.05, 4.69) is 20.3 Å². The third-order valence-electron chi connectivity index (χ3n) is 3.55. The molecular formula is C14H16N4O2S. The summed E-state index contributed by atoms with van der Waals surface area (Å²) >= 11 is 0. The summed E-state index contributed by atoms with van der Waals surface area (Å²) in [4.78, 5) is 13.0. The van der Waals surface area contributed by atoms with Gasteiger partial charge in [0.2, 0.25) is 0 Å². The van der Waals surface area contributed by atoms with Gasteiger partial charge in [0.1, 0.15) is 4.90 Å². The highest BCUT2D eigenvalue weighted by molar-refractivity contribution is 7.90. The number of hydrogen-bond acceptors (Lipinski definition) is 6. The minimum Gasteiger partial charge on any atom is -0.316 e. The Balaban J connectivity index is 2.12. The van der Waals surface area contributed by atoms with E-state index < -0.39 is 9.84 Å². The second-order valence-electron chi connectivity index (χ2n) is 5.15. The summed E-state index contributed by atoms with van der Waals surface area (Å²) in [6.07, 6.45) is 6.84. The van der Waals surface area contributed by atoms with Crippen LogP contribution in [0, 0.1) is 0 Å². The Hall–Kier alpha value is -1.86. The lowest BCUT2D eigenvalue weighted by molar-refractivity contribution is 0.595. The zero-order valence-corrected chi connectivity index (χ0v) is 12.5. The molecule has 0 bridgehead atoms. The maximum atomic E-state index is 11.9. The molecule has 0 aliphatic carbocycles. The van der Waals surface area contributed by atoms with Crippen LogP contribution in [0.4, 0.5) is 0 Å². The second kappa shape index (κ2) is 5.50. The predicted molar refractivity (Wildman–Crippen MR) is 78.6 cm³/mol. The maximum absolute atomic E-state index is 11.9. The van der Waals surface area contributed by atoms with Crippen molar-refractivity contribution in [3.63, 3.8) is 0 Å². The van der Waals surface area contributed by atoms with E-state index in [9.17, 15) is 8.42 Å². The molecule has 2 aromatic heterocycles. The summed E-state index contributed by atoms with van der Waals surface area (Å²) in [5.74, 6) is 0.616. The van der Waals surface area contributed by atoms with Crippen molar-refractivity contribution in [3.05, 3.63) is 36.4 Å². The fourth-order valence-electron chi connectivity index (χ4n) is 2.48. The van der Waals surface area contributed by atoms with E-state index in [1.165, 1.54) is 12.5 Å². The average molecular weight is 304 g/mol. The van der Waals surface area contributed by atoms with E-state index in [1.54, 1.807) is 18.5 Å².